The fraction of sp³-hybridized carbons (Fsp3) is 0.692. The Labute approximate surface area is 209 Å². The van der Waals surface area contributed by atoms with Gasteiger partial charge in [-0.1, -0.05) is 37.4 Å². The number of aliphatic carboxylic acids is 1. The lowest BCUT2D eigenvalue weighted by molar-refractivity contribution is -0.137. The second-order valence-electron chi connectivity index (χ2n) is 10.8. The van der Waals surface area contributed by atoms with E-state index in [2.05, 4.69) is 13.8 Å². The molecule has 7 atom stereocenters. The molecule has 0 aromatic carbocycles. The van der Waals surface area contributed by atoms with Crippen molar-refractivity contribution in [1.29, 1.82) is 0 Å². The molecule has 4 aliphatic rings. The number of carbonyl (C=O) groups excluding carboxylic acids is 3. The fourth-order valence-corrected chi connectivity index (χ4v) is 9.44. The molecule has 0 bridgehead atoms. The number of carboxylic acids is 1. The second-order valence-corrected chi connectivity index (χ2v) is 13.3. The normalized spacial score (nSPS) is 38.8. The van der Waals surface area contributed by atoms with Crippen molar-refractivity contribution in [2.75, 3.05) is 0 Å². The first-order chi connectivity index (χ1) is 16.0. The molecule has 0 radical (unpaired) electrons. The van der Waals surface area contributed by atoms with Crippen LogP contribution in [0.1, 0.15) is 72.1 Å². The maximum atomic E-state index is 12.9. The van der Waals surface area contributed by atoms with Gasteiger partial charge in [-0.3, -0.25) is 19.2 Å². The number of carbonyl (C=O) groups is 4. The van der Waals surface area contributed by atoms with Crippen LogP contribution < -0.4 is 0 Å². The van der Waals surface area contributed by atoms with Crippen LogP contribution in [0.15, 0.2) is 22.6 Å². The van der Waals surface area contributed by atoms with Crippen molar-refractivity contribution in [2.24, 2.45) is 28.6 Å². The van der Waals surface area contributed by atoms with Crippen LogP contribution in [0.5, 0.6) is 0 Å². The van der Waals surface area contributed by atoms with Gasteiger partial charge in [0, 0.05) is 36.9 Å². The molecule has 6 nitrogen and oxygen atoms in total. The monoisotopic (exact) mass is 506 g/mol. The number of allylic oxidation sites excluding steroid dienone is 4. The van der Waals surface area contributed by atoms with Gasteiger partial charge < -0.3 is 10.2 Å². The molecular weight excluding hydrogens is 472 g/mol. The molecule has 2 fully saturated rings. The molecule has 8 heteroatoms. The Morgan fingerprint density at radius 1 is 1.09 bits per heavy atom. The van der Waals surface area contributed by atoms with E-state index in [1.165, 1.54) is 23.5 Å². The maximum absolute atomic E-state index is 12.9. The van der Waals surface area contributed by atoms with Crippen LogP contribution in [0.25, 0.3) is 0 Å². The summed E-state index contributed by atoms with van der Waals surface area (Å²) in [6.07, 6.45) is 7.55. The van der Waals surface area contributed by atoms with Crippen molar-refractivity contribution < 1.29 is 29.4 Å². The molecule has 0 heterocycles. The Hall–Kier alpha value is -1.38. The van der Waals surface area contributed by atoms with Crippen molar-refractivity contribution in [3.63, 3.8) is 0 Å². The Morgan fingerprint density at radius 2 is 1.82 bits per heavy atom. The fourth-order valence-electron chi connectivity index (χ4n) is 7.08. The Morgan fingerprint density at radius 3 is 2.50 bits per heavy atom. The highest BCUT2D eigenvalue weighted by Crippen LogP contribution is 2.67. The topological polar surface area (TPSA) is 109 Å². The molecule has 4 rings (SSSR count). The summed E-state index contributed by atoms with van der Waals surface area (Å²) in [5.74, 6) is -0.421. The van der Waals surface area contributed by atoms with Gasteiger partial charge in [0.2, 0.25) is 0 Å². The van der Waals surface area contributed by atoms with Crippen molar-refractivity contribution >= 4 is 45.5 Å². The zero-order chi connectivity index (χ0) is 24.8. The summed E-state index contributed by atoms with van der Waals surface area (Å²) in [4.78, 5) is 49.4. The molecule has 0 saturated heterocycles. The highest BCUT2D eigenvalue weighted by atomic mass is 32.2. The zero-order valence-corrected chi connectivity index (χ0v) is 21.7. The van der Waals surface area contributed by atoms with Crippen LogP contribution in [0.4, 0.5) is 0 Å². The van der Waals surface area contributed by atoms with Gasteiger partial charge in [0.1, 0.15) is 0 Å². The number of aliphatic hydroxyl groups excluding tert-OH is 1. The first-order valence-electron chi connectivity index (χ1n) is 12.2. The van der Waals surface area contributed by atoms with Crippen molar-refractivity contribution in [2.45, 2.75) is 83.5 Å². The highest BCUT2D eigenvalue weighted by molar-refractivity contribution is 8.17. The van der Waals surface area contributed by atoms with Crippen LogP contribution in [-0.2, 0) is 19.2 Å². The smallest absolute Gasteiger partial charge is 0.303 e. The third-order valence-corrected chi connectivity index (χ3v) is 11.3. The second kappa shape index (κ2) is 9.58. The number of hydrogen-bond acceptors (Lipinski definition) is 7. The zero-order valence-electron chi connectivity index (χ0n) is 20.0. The molecule has 0 aliphatic heterocycles. The van der Waals surface area contributed by atoms with E-state index >= 15 is 0 Å². The summed E-state index contributed by atoms with van der Waals surface area (Å²) in [5, 5.41) is 19.6. The number of aliphatic hydroxyl groups is 1. The van der Waals surface area contributed by atoms with Crippen molar-refractivity contribution in [3.8, 4) is 0 Å². The molecule has 34 heavy (non-hydrogen) atoms. The molecule has 0 aromatic rings. The largest absolute Gasteiger partial charge is 0.481 e. The van der Waals surface area contributed by atoms with E-state index in [0.29, 0.717) is 12.8 Å². The van der Waals surface area contributed by atoms with Gasteiger partial charge >= 0.3 is 5.97 Å². The number of carboxylic acid groups (broad SMARTS) is 1. The molecule has 0 spiro atoms. The molecule has 2 N–H and O–H groups in total. The lowest BCUT2D eigenvalue weighted by Crippen LogP contribution is -2.54. The summed E-state index contributed by atoms with van der Waals surface area (Å²) < 4.78 is 0. The first-order valence-corrected chi connectivity index (χ1v) is 13.9. The van der Waals surface area contributed by atoms with E-state index < -0.39 is 5.97 Å². The summed E-state index contributed by atoms with van der Waals surface area (Å²) in [7, 11) is 0. The van der Waals surface area contributed by atoms with E-state index in [-0.39, 0.29) is 68.8 Å². The van der Waals surface area contributed by atoms with Gasteiger partial charge in [-0.15, -0.1) is 0 Å². The standard InChI is InChI=1S/C26H34O6S2/c1-14(27)33-21-13-16(28)11-15-12-19(34-23(32)6-4-5-22(30)31)24-17-7-8-20(29)25(17,2)10-9-18(24)26(15,21)3/h11-12,17-18,20-21,24,29H,4-10,13H2,1-3H3,(H,30,31)/t17-,18-,20?,21-,24-,25-,26-/m0/s1. The summed E-state index contributed by atoms with van der Waals surface area (Å²) in [6.45, 7) is 5.90. The van der Waals surface area contributed by atoms with Gasteiger partial charge in [0.05, 0.1) is 6.10 Å². The van der Waals surface area contributed by atoms with Gasteiger partial charge in [-0.05, 0) is 77.9 Å². The molecular formula is C26H34O6S2. The van der Waals surface area contributed by atoms with E-state index in [0.717, 1.165) is 36.2 Å². The number of thioether (sulfide) groups is 2. The third-order valence-electron chi connectivity index (χ3n) is 8.92. The maximum Gasteiger partial charge on any atom is 0.303 e. The molecule has 0 aromatic heterocycles. The average Bonchev–Trinajstić information content (AvgIpc) is 3.04. The quantitative estimate of drug-likeness (QED) is 0.531. The first kappa shape index (κ1) is 25.7. The van der Waals surface area contributed by atoms with Crippen LogP contribution >= 0.6 is 23.5 Å². The average molecular weight is 507 g/mol. The van der Waals surface area contributed by atoms with Crippen LogP contribution in [0.3, 0.4) is 0 Å². The van der Waals surface area contributed by atoms with E-state index in [1.807, 2.05) is 6.08 Å². The van der Waals surface area contributed by atoms with Crippen molar-refractivity contribution in [3.05, 3.63) is 22.6 Å². The van der Waals surface area contributed by atoms with E-state index in [1.54, 1.807) is 13.0 Å². The Kier molecular flexibility index (Phi) is 7.25. The van der Waals surface area contributed by atoms with Crippen LogP contribution in [0.2, 0.25) is 0 Å². The predicted octanol–water partition coefficient (Wildman–Crippen LogP) is 4.76. The molecule has 0 amide bonds. The molecule has 1 unspecified atom stereocenters. The molecule has 186 valence electrons. The Bertz CT molecular complexity index is 970. The number of ketones is 1. The minimum atomic E-state index is -0.909. The minimum absolute atomic E-state index is 0.00604. The van der Waals surface area contributed by atoms with Gasteiger partial charge in [0.25, 0.3) is 0 Å². The van der Waals surface area contributed by atoms with Gasteiger partial charge in [0.15, 0.2) is 16.0 Å². The van der Waals surface area contributed by atoms with Crippen LogP contribution in [0, 0.1) is 28.6 Å². The van der Waals surface area contributed by atoms with Gasteiger partial charge in [-0.2, -0.15) is 0 Å². The van der Waals surface area contributed by atoms with Crippen molar-refractivity contribution in [1.82, 2.24) is 0 Å². The van der Waals surface area contributed by atoms with E-state index in [4.69, 9.17) is 5.11 Å². The summed E-state index contributed by atoms with van der Waals surface area (Å²) in [5.41, 5.74) is 0.338. The molecule has 2 saturated carbocycles. The summed E-state index contributed by atoms with van der Waals surface area (Å²) >= 11 is 2.46. The third kappa shape index (κ3) is 4.46. The lowest BCUT2D eigenvalue weighted by Gasteiger charge is -2.58. The minimum Gasteiger partial charge on any atom is -0.481 e. The number of fused-ring (bicyclic) bond motifs is 5. The SMILES string of the molecule is CC(=O)S[C@H]1CC(=O)C=C2C=C(SC(=O)CCCC(=O)O)[C@@H]3[C@H](CC[C@]4(C)C(O)CC[C@@H]34)[C@]21C. The number of rotatable bonds is 6. The number of hydrogen-bond donors (Lipinski definition) is 2. The summed E-state index contributed by atoms with van der Waals surface area (Å²) in [6, 6.07) is 0. The predicted molar refractivity (Wildman–Crippen MR) is 133 cm³/mol. The van der Waals surface area contributed by atoms with Crippen LogP contribution in [-0.4, -0.2) is 43.6 Å². The van der Waals surface area contributed by atoms with E-state index in [9.17, 15) is 24.3 Å². The Balaban J connectivity index is 1.73. The van der Waals surface area contributed by atoms with Gasteiger partial charge in [-0.25, -0.2) is 0 Å². The lowest BCUT2D eigenvalue weighted by atomic mass is 9.49. The highest BCUT2D eigenvalue weighted by Gasteiger charge is 2.61. The molecule has 4 aliphatic carbocycles.